The number of hydrogen-bond acceptors (Lipinski definition) is 3. The van der Waals surface area contributed by atoms with Crippen molar-refractivity contribution in [3.05, 3.63) is 35.9 Å². The van der Waals surface area contributed by atoms with E-state index in [4.69, 9.17) is 4.74 Å². The summed E-state index contributed by atoms with van der Waals surface area (Å²) in [6, 6.07) is 10.0. The van der Waals surface area contributed by atoms with Gasteiger partial charge in [-0.2, -0.15) is 0 Å². The molecule has 1 heterocycles. The normalized spacial score (nSPS) is 18.8. The molecule has 1 aliphatic rings. The molecule has 1 saturated heterocycles. The van der Waals surface area contributed by atoms with Crippen molar-refractivity contribution >= 4 is 6.03 Å². The van der Waals surface area contributed by atoms with Gasteiger partial charge in [0.2, 0.25) is 0 Å². The standard InChI is InChI=1S/C18H29N3O2/c1-15(2)13-21-10-11-23-17(14-21)12-20-18(22)19-9-8-16-6-4-3-5-7-16/h3-7,15,17H,8-14H2,1-2H3,(H2,19,20,22)/t17-/m1/s1. The highest BCUT2D eigenvalue weighted by atomic mass is 16.5. The largest absolute Gasteiger partial charge is 0.374 e. The zero-order valence-electron chi connectivity index (χ0n) is 14.3. The third-order valence-corrected chi connectivity index (χ3v) is 3.88. The molecule has 1 fully saturated rings. The smallest absolute Gasteiger partial charge is 0.314 e. The Morgan fingerprint density at radius 3 is 2.83 bits per heavy atom. The molecule has 0 aliphatic carbocycles. The van der Waals surface area contributed by atoms with E-state index in [0.717, 1.165) is 32.7 Å². The number of carbonyl (C=O) groups is 1. The number of rotatable bonds is 7. The molecule has 0 saturated carbocycles. The van der Waals surface area contributed by atoms with Crippen LogP contribution in [0.25, 0.3) is 0 Å². The molecule has 5 nitrogen and oxygen atoms in total. The number of nitrogens with zero attached hydrogens (tertiary/aromatic N) is 1. The summed E-state index contributed by atoms with van der Waals surface area (Å²) in [5.41, 5.74) is 1.23. The number of morpholine rings is 1. The Balaban J connectivity index is 1.60. The van der Waals surface area contributed by atoms with E-state index in [-0.39, 0.29) is 12.1 Å². The number of carbonyl (C=O) groups excluding carboxylic acids is 1. The van der Waals surface area contributed by atoms with Crippen LogP contribution in [0.1, 0.15) is 19.4 Å². The lowest BCUT2D eigenvalue weighted by atomic mass is 10.1. The summed E-state index contributed by atoms with van der Waals surface area (Å²) in [7, 11) is 0. The van der Waals surface area contributed by atoms with Gasteiger partial charge < -0.3 is 15.4 Å². The van der Waals surface area contributed by atoms with Crippen molar-refractivity contribution in [2.75, 3.05) is 39.3 Å². The molecule has 1 aromatic carbocycles. The molecule has 1 aliphatic heterocycles. The third-order valence-electron chi connectivity index (χ3n) is 3.88. The highest BCUT2D eigenvalue weighted by Gasteiger charge is 2.21. The van der Waals surface area contributed by atoms with Crippen LogP contribution in [-0.4, -0.2) is 56.4 Å². The summed E-state index contributed by atoms with van der Waals surface area (Å²) in [4.78, 5) is 14.3. The predicted molar refractivity (Wildman–Crippen MR) is 92.6 cm³/mol. The maximum absolute atomic E-state index is 11.8. The van der Waals surface area contributed by atoms with Gasteiger partial charge in [0.05, 0.1) is 12.7 Å². The fourth-order valence-electron chi connectivity index (χ4n) is 2.82. The molecule has 0 spiro atoms. The second-order valence-corrected chi connectivity index (χ2v) is 6.52. The van der Waals surface area contributed by atoms with Crippen LogP contribution >= 0.6 is 0 Å². The molecule has 0 bridgehead atoms. The fraction of sp³-hybridized carbons (Fsp3) is 0.611. The summed E-state index contributed by atoms with van der Waals surface area (Å²) >= 11 is 0. The van der Waals surface area contributed by atoms with Gasteiger partial charge in [-0.15, -0.1) is 0 Å². The number of urea groups is 1. The molecule has 1 aromatic rings. The summed E-state index contributed by atoms with van der Waals surface area (Å²) in [5, 5.41) is 5.81. The lowest BCUT2D eigenvalue weighted by Gasteiger charge is -2.33. The zero-order chi connectivity index (χ0) is 16.5. The first-order valence-corrected chi connectivity index (χ1v) is 8.53. The van der Waals surface area contributed by atoms with Gasteiger partial charge in [-0.25, -0.2) is 4.79 Å². The third kappa shape index (κ3) is 7.01. The van der Waals surface area contributed by atoms with Gasteiger partial charge in [0.1, 0.15) is 0 Å². The average molecular weight is 319 g/mol. The molecule has 0 radical (unpaired) electrons. The quantitative estimate of drug-likeness (QED) is 0.807. The van der Waals surface area contributed by atoms with Crippen molar-refractivity contribution in [1.29, 1.82) is 0 Å². The minimum Gasteiger partial charge on any atom is -0.374 e. The van der Waals surface area contributed by atoms with Gasteiger partial charge in [-0.3, -0.25) is 4.90 Å². The van der Waals surface area contributed by atoms with E-state index in [9.17, 15) is 4.79 Å². The fourth-order valence-corrected chi connectivity index (χ4v) is 2.82. The molecule has 2 N–H and O–H groups in total. The van der Waals surface area contributed by atoms with E-state index in [1.165, 1.54) is 5.56 Å². The minimum absolute atomic E-state index is 0.0855. The number of nitrogens with one attached hydrogen (secondary N) is 2. The van der Waals surface area contributed by atoms with Gasteiger partial charge in [-0.1, -0.05) is 44.2 Å². The maximum Gasteiger partial charge on any atom is 0.314 e. The van der Waals surface area contributed by atoms with Gasteiger partial charge in [0, 0.05) is 32.7 Å². The zero-order valence-corrected chi connectivity index (χ0v) is 14.3. The molecule has 23 heavy (non-hydrogen) atoms. The van der Waals surface area contributed by atoms with E-state index >= 15 is 0 Å². The van der Waals surface area contributed by atoms with Crippen molar-refractivity contribution in [3.63, 3.8) is 0 Å². The van der Waals surface area contributed by atoms with Crippen LogP contribution in [0.4, 0.5) is 4.79 Å². The van der Waals surface area contributed by atoms with E-state index < -0.39 is 0 Å². The molecular weight excluding hydrogens is 290 g/mol. The maximum atomic E-state index is 11.8. The van der Waals surface area contributed by atoms with Crippen LogP contribution in [0.15, 0.2) is 30.3 Å². The van der Waals surface area contributed by atoms with E-state index in [1.807, 2.05) is 18.2 Å². The predicted octanol–water partition coefficient (Wildman–Crippen LogP) is 1.89. The van der Waals surface area contributed by atoms with Crippen LogP contribution in [0, 0.1) is 5.92 Å². The SMILES string of the molecule is CC(C)CN1CCO[C@H](CNC(=O)NCCc2ccccc2)C1. The molecule has 0 aromatic heterocycles. The van der Waals surface area contributed by atoms with E-state index in [0.29, 0.717) is 19.0 Å². The van der Waals surface area contributed by atoms with Crippen LogP contribution in [0.3, 0.4) is 0 Å². The lowest BCUT2D eigenvalue weighted by molar-refractivity contribution is -0.0290. The molecule has 2 rings (SSSR count). The van der Waals surface area contributed by atoms with E-state index in [2.05, 4.69) is 41.5 Å². The Kier molecular flexibility index (Phi) is 7.36. The van der Waals surface area contributed by atoms with Gasteiger partial charge in [0.25, 0.3) is 0 Å². The summed E-state index contributed by atoms with van der Waals surface area (Å²) in [5.74, 6) is 0.656. The van der Waals surface area contributed by atoms with Crippen LogP contribution in [0.5, 0.6) is 0 Å². The van der Waals surface area contributed by atoms with Crippen molar-refractivity contribution in [1.82, 2.24) is 15.5 Å². The Labute approximate surface area is 139 Å². The Morgan fingerprint density at radius 1 is 1.30 bits per heavy atom. The topological polar surface area (TPSA) is 53.6 Å². The Hall–Kier alpha value is -1.59. The molecule has 0 unspecified atom stereocenters. The molecular formula is C18H29N3O2. The molecule has 128 valence electrons. The molecule has 2 amide bonds. The Morgan fingerprint density at radius 2 is 2.09 bits per heavy atom. The summed E-state index contributed by atoms with van der Waals surface area (Å²) in [6.45, 7) is 9.36. The van der Waals surface area contributed by atoms with Crippen molar-refractivity contribution in [2.24, 2.45) is 5.92 Å². The first kappa shape index (κ1) is 17.8. The second-order valence-electron chi connectivity index (χ2n) is 6.52. The first-order valence-electron chi connectivity index (χ1n) is 8.53. The number of hydrogen-bond donors (Lipinski definition) is 2. The summed E-state index contributed by atoms with van der Waals surface area (Å²) in [6.07, 6.45) is 0.929. The molecule has 1 atom stereocenters. The van der Waals surface area contributed by atoms with Gasteiger partial charge in [0.15, 0.2) is 0 Å². The van der Waals surface area contributed by atoms with Crippen molar-refractivity contribution in [2.45, 2.75) is 26.4 Å². The number of ether oxygens (including phenoxy) is 1. The summed E-state index contributed by atoms with van der Waals surface area (Å²) < 4.78 is 5.73. The number of benzene rings is 1. The van der Waals surface area contributed by atoms with Gasteiger partial charge in [-0.05, 0) is 17.9 Å². The van der Waals surface area contributed by atoms with Crippen LogP contribution < -0.4 is 10.6 Å². The second kappa shape index (κ2) is 9.53. The van der Waals surface area contributed by atoms with Gasteiger partial charge >= 0.3 is 6.03 Å². The number of amides is 2. The highest BCUT2D eigenvalue weighted by Crippen LogP contribution is 2.07. The monoisotopic (exact) mass is 319 g/mol. The average Bonchev–Trinajstić information content (AvgIpc) is 2.54. The van der Waals surface area contributed by atoms with E-state index in [1.54, 1.807) is 0 Å². The van der Waals surface area contributed by atoms with Crippen molar-refractivity contribution < 1.29 is 9.53 Å². The first-order chi connectivity index (χ1) is 11.1. The highest BCUT2D eigenvalue weighted by molar-refractivity contribution is 5.73. The van der Waals surface area contributed by atoms with Crippen LogP contribution in [-0.2, 0) is 11.2 Å². The lowest BCUT2D eigenvalue weighted by Crippen LogP contribution is -2.49. The Bertz CT molecular complexity index is 465. The van der Waals surface area contributed by atoms with Crippen LogP contribution in [0.2, 0.25) is 0 Å². The van der Waals surface area contributed by atoms with Crippen molar-refractivity contribution in [3.8, 4) is 0 Å². The molecule has 5 heteroatoms. The minimum atomic E-state index is -0.120.